The number of hydrogen-bond donors (Lipinski definition) is 4. The predicted molar refractivity (Wildman–Crippen MR) is 129 cm³/mol. The summed E-state index contributed by atoms with van der Waals surface area (Å²) in [6, 6.07) is 10.3. The minimum atomic E-state index is -1.28. The monoisotopic (exact) mass is 523 g/mol. The van der Waals surface area contributed by atoms with Crippen LogP contribution in [-0.4, -0.2) is 49.0 Å². The molecule has 0 fully saturated rings. The highest BCUT2D eigenvalue weighted by atomic mass is 19.1. The molecule has 1 aliphatic heterocycles. The van der Waals surface area contributed by atoms with Crippen molar-refractivity contribution in [3.8, 4) is 0 Å². The third kappa shape index (κ3) is 9.13. The molecule has 0 saturated carbocycles. The summed E-state index contributed by atoms with van der Waals surface area (Å²) in [4.78, 5) is 12.9. The highest BCUT2D eigenvalue weighted by Gasteiger charge is 2.30. The number of amides is 1. The summed E-state index contributed by atoms with van der Waals surface area (Å²) < 4.78 is 58.4. The van der Waals surface area contributed by atoms with Gasteiger partial charge in [-0.3, -0.25) is 10.1 Å². The van der Waals surface area contributed by atoms with Crippen LogP contribution in [0.5, 0.6) is 0 Å². The van der Waals surface area contributed by atoms with Crippen LogP contribution in [0.25, 0.3) is 0 Å². The third-order valence-corrected chi connectivity index (χ3v) is 5.67. The van der Waals surface area contributed by atoms with Crippen molar-refractivity contribution in [3.63, 3.8) is 0 Å². The van der Waals surface area contributed by atoms with Gasteiger partial charge in [-0.1, -0.05) is 30.3 Å². The standard InChI is InChI=1S/C26H32F3N3O5/c1-17(33)35-9-8-21-13-32-26(2,36-15-18-6-4-3-5-7-18)37-16-19(12-30-21)25(34)31-14-22-23(28)10-20(27)11-24(22)29/h3-7,10-12,17,21,30,32-33H,8-9,13-16H2,1-2H3,(H,31,34)/b19-12+/t17?,21-,26?/m0/s1. The van der Waals surface area contributed by atoms with Crippen LogP contribution in [0.1, 0.15) is 31.4 Å². The van der Waals surface area contributed by atoms with Crippen LogP contribution in [0.4, 0.5) is 13.2 Å². The van der Waals surface area contributed by atoms with Crippen molar-refractivity contribution >= 4 is 5.91 Å². The first-order valence-corrected chi connectivity index (χ1v) is 11.9. The summed E-state index contributed by atoms with van der Waals surface area (Å²) in [5.74, 6) is -5.16. The molecule has 3 atom stereocenters. The van der Waals surface area contributed by atoms with E-state index in [1.807, 2.05) is 30.3 Å². The van der Waals surface area contributed by atoms with Gasteiger partial charge in [0.1, 0.15) is 17.5 Å². The Labute approximate surface area is 213 Å². The quantitative estimate of drug-likeness (QED) is 0.356. The molecule has 37 heavy (non-hydrogen) atoms. The van der Waals surface area contributed by atoms with E-state index >= 15 is 0 Å². The minimum absolute atomic E-state index is 0.141. The van der Waals surface area contributed by atoms with Crippen LogP contribution in [0.3, 0.4) is 0 Å². The zero-order valence-corrected chi connectivity index (χ0v) is 20.7. The molecule has 8 nitrogen and oxygen atoms in total. The molecule has 3 rings (SSSR count). The Bertz CT molecular complexity index is 1050. The number of nitrogens with one attached hydrogen (secondary N) is 3. The van der Waals surface area contributed by atoms with E-state index in [2.05, 4.69) is 16.0 Å². The fourth-order valence-electron chi connectivity index (χ4n) is 3.50. The molecule has 1 aliphatic rings. The van der Waals surface area contributed by atoms with Crippen molar-refractivity contribution in [2.75, 3.05) is 19.8 Å². The Balaban J connectivity index is 1.71. The number of aliphatic hydroxyl groups is 1. The lowest BCUT2D eigenvalue weighted by Crippen LogP contribution is -2.51. The lowest BCUT2D eigenvalue weighted by Gasteiger charge is -2.32. The number of benzene rings is 2. The van der Waals surface area contributed by atoms with Gasteiger partial charge in [0.05, 0.1) is 25.4 Å². The average Bonchev–Trinajstić information content (AvgIpc) is 2.92. The van der Waals surface area contributed by atoms with E-state index in [-0.39, 0.29) is 31.4 Å². The van der Waals surface area contributed by atoms with Crippen molar-refractivity contribution in [1.82, 2.24) is 16.0 Å². The summed E-state index contributed by atoms with van der Waals surface area (Å²) >= 11 is 0. The van der Waals surface area contributed by atoms with E-state index in [0.29, 0.717) is 25.1 Å². The van der Waals surface area contributed by atoms with Gasteiger partial charge < -0.3 is 30.0 Å². The van der Waals surface area contributed by atoms with Crippen LogP contribution in [-0.2, 0) is 32.2 Å². The maximum Gasteiger partial charge on any atom is 0.251 e. The molecular formula is C26H32F3N3O5. The SMILES string of the molecule is CC(O)OCC[C@H]1CNC(C)(OCc2ccccc2)OC/C(C(=O)NCc2c(F)cc(F)cc2F)=C\N1. The number of halogens is 3. The average molecular weight is 524 g/mol. The fourth-order valence-corrected chi connectivity index (χ4v) is 3.50. The number of rotatable bonds is 10. The molecule has 11 heteroatoms. The van der Waals surface area contributed by atoms with Crippen molar-refractivity contribution in [3.05, 3.63) is 82.8 Å². The van der Waals surface area contributed by atoms with Crippen LogP contribution in [0, 0.1) is 17.5 Å². The molecule has 202 valence electrons. The Morgan fingerprint density at radius 1 is 1.24 bits per heavy atom. The molecule has 0 aromatic heterocycles. The highest BCUT2D eigenvalue weighted by molar-refractivity contribution is 5.93. The van der Waals surface area contributed by atoms with Crippen molar-refractivity contribution in [1.29, 1.82) is 0 Å². The topological polar surface area (TPSA) is 101 Å². The second-order valence-corrected chi connectivity index (χ2v) is 8.71. The van der Waals surface area contributed by atoms with E-state index in [9.17, 15) is 23.1 Å². The molecule has 2 unspecified atom stereocenters. The van der Waals surface area contributed by atoms with Crippen molar-refractivity contribution < 1.29 is 37.3 Å². The molecule has 4 N–H and O–H groups in total. The summed E-state index contributed by atoms with van der Waals surface area (Å²) in [6.45, 7) is 3.36. The van der Waals surface area contributed by atoms with E-state index in [4.69, 9.17) is 14.2 Å². The Kier molecular flexibility index (Phi) is 10.5. The van der Waals surface area contributed by atoms with E-state index in [1.165, 1.54) is 13.1 Å². The summed E-state index contributed by atoms with van der Waals surface area (Å²) in [7, 11) is 0. The first-order chi connectivity index (χ1) is 17.6. The zero-order valence-electron chi connectivity index (χ0n) is 20.7. The summed E-state index contributed by atoms with van der Waals surface area (Å²) in [6.07, 6.45) is 1.02. The normalized spacial score (nSPS) is 22.5. The first-order valence-electron chi connectivity index (χ1n) is 11.9. The lowest BCUT2D eigenvalue weighted by molar-refractivity contribution is -0.247. The molecule has 0 spiro atoms. The largest absolute Gasteiger partial charge is 0.386 e. The van der Waals surface area contributed by atoms with Crippen LogP contribution in [0.15, 0.2) is 54.2 Å². The van der Waals surface area contributed by atoms with Gasteiger partial charge in [-0.15, -0.1) is 0 Å². The van der Waals surface area contributed by atoms with Crippen LogP contribution >= 0.6 is 0 Å². The number of ether oxygens (including phenoxy) is 3. The molecule has 1 heterocycles. The number of carbonyl (C=O) groups is 1. The van der Waals surface area contributed by atoms with Gasteiger partial charge in [0.25, 0.3) is 5.91 Å². The zero-order chi connectivity index (χ0) is 26.8. The van der Waals surface area contributed by atoms with E-state index in [0.717, 1.165) is 5.56 Å². The Morgan fingerprint density at radius 2 is 1.95 bits per heavy atom. The molecule has 1 amide bonds. The number of hydrogen-bond acceptors (Lipinski definition) is 7. The van der Waals surface area contributed by atoms with Crippen LogP contribution < -0.4 is 16.0 Å². The van der Waals surface area contributed by atoms with Crippen molar-refractivity contribution in [2.45, 2.75) is 51.7 Å². The first kappa shape index (κ1) is 28.6. The molecule has 0 aliphatic carbocycles. The molecular weight excluding hydrogens is 491 g/mol. The number of carbonyl (C=O) groups excluding carboxylic acids is 1. The van der Waals surface area contributed by atoms with Gasteiger partial charge in [0, 0.05) is 50.0 Å². The molecule has 2 aromatic rings. The van der Waals surface area contributed by atoms with Gasteiger partial charge in [0.15, 0.2) is 6.29 Å². The van der Waals surface area contributed by atoms with Gasteiger partial charge in [-0.2, -0.15) is 0 Å². The van der Waals surface area contributed by atoms with E-state index < -0.39 is 47.7 Å². The summed E-state index contributed by atoms with van der Waals surface area (Å²) in [5.41, 5.74) is 0.603. The summed E-state index contributed by atoms with van der Waals surface area (Å²) in [5, 5.41) is 18.2. The molecule has 2 aromatic carbocycles. The second kappa shape index (κ2) is 13.5. The third-order valence-electron chi connectivity index (χ3n) is 5.67. The van der Waals surface area contributed by atoms with Gasteiger partial charge >= 0.3 is 0 Å². The van der Waals surface area contributed by atoms with Crippen molar-refractivity contribution in [2.24, 2.45) is 0 Å². The fraction of sp³-hybridized carbons (Fsp3) is 0.423. The maximum absolute atomic E-state index is 14.0. The Morgan fingerprint density at radius 3 is 2.62 bits per heavy atom. The second-order valence-electron chi connectivity index (χ2n) is 8.71. The van der Waals surface area contributed by atoms with Gasteiger partial charge in [-0.25, -0.2) is 13.2 Å². The smallest absolute Gasteiger partial charge is 0.251 e. The minimum Gasteiger partial charge on any atom is -0.386 e. The van der Waals surface area contributed by atoms with E-state index in [1.54, 1.807) is 6.92 Å². The predicted octanol–water partition coefficient (Wildman–Crippen LogP) is 2.82. The van der Waals surface area contributed by atoms with Crippen LogP contribution in [0.2, 0.25) is 0 Å². The molecule has 0 bridgehead atoms. The lowest BCUT2D eigenvalue weighted by atomic mass is 10.1. The maximum atomic E-state index is 14.0. The van der Waals surface area contributed by atoms with Gasteiger partial charge in [0.2, 0.25) is 5.91 Å². The van der Waals surface area contributed by atoms with Gasteiger partial charge in [-0.05, 0) is 18.9 Å². The Hall–Kier alpha value is -2.96. The highest BCUT2D eigenvalue weighted by Crippen LogP contribution is 2.17. The molecule has 0 saturated heterocycles. The molecule has 0 radical (unpaired) electrons. The number of aliphatic hydroxyl groups excluding tert-OH is 1.